The highest BCUT2D eigenvalue weighted by atomic mass is 16.6. The minimum atomic E-state index is -0.944. The third kappa shape index (κ3) is 5.22. The molecule has 3 amide bonds. The third-order valence-corrected chi connectivity index (χ3v) is 5.28. The Labute approximate surface area is 189 Å². The van der Waals surface area contributed by atoms with Crippen molar-refractivity contribution in [2.45, 2.75) is 19.4 Å². The summed E-state index contributed by atoms with van der Waals surface area (Å²) in [5.41, 5.74) is 6.16. The van der Waals surface area contributed by atoms with E-state index in [9.17, 15) is 19.2 Å². The van der Waals surface area contributed by atoms with Crippen molar-refractivity contribution in [3.8, 4) is 11.5 Å². The molecule has 2 unspecified atom stereocenters. The molecule has 0 spiro atoms. The van der Waals surface area contributed by atoms with Crippen LogP contribution in [-0.4, -0.2) is 49.6 Å². The summed E-state index contributed by atoms with van der Waals surface area (Å²) in [6, 6.07) is 14.3. The van der Waals surface area contributed by atoms with Gasteiger partial charge < -0.3 is 19.1 Å². The van der Waals surface area contributed by atoms with Crippen molar-refractivity contribution >= 4 is 29.4 Å². The van der Waals surface area contributed by atoms with E-state index in [0.717, 1.165) is 5.56 Å². The molecule has 10 heteroatoms. The summed E-state index contributed by atoms with van der Waals surface area (Å²) >= 11 is 0. The van der Waals surface area contributed by atoms with Crippen molar-refractivity contribution in [3.63, 3.8) is 0 Å². The number of esters is 1. The number of hydrogen-bond donors (Lipinski definition) is 2. The van der Waals surface area contributed by atoms with Crippen LogP contribution < -0.4 is 25.2 Å². The van der Waals surface area contributed by atoms with Crippen molar-refractivity contribution in [1.29, 1.82) is 0 Å². The zero-order valence-electron chi connectivity index (χ0n) is 17.9. The molecule has 2 aromatic rings. The predicted molar refractivity (Wildman–Crippen MR) is 115 cm³/mol. The van der Waals surface area contributed by atoms with Crippen molar-refractivity contribution in [2.24, 2.45) is 5.92 Å². The number of para-hydroxylation sites is 2. The molecule has 172 valence electrons. The van der Waals surface area contributed by atoms with E-state index in [1.54, 1.807) is 24.3 Å². The molecule has 0 bridgehead atoms. The predicted octanol–water partition coefficient (Wildman–Crippen LogP) is 0.879. The zero-order valence-corrected chi connectivity index (χ0v) is 17.9. The van der Waals surface area contributed by atoms with Crippen LogP contribution in [-0.2, 0) is 23.9 Å². The number of aryl methyl sites for hydroxylation is 1. The standard InChI is InChI=1S/C23H23N3O7/c1-14-6-8-16(9-7-14)26-11-15(10-21(26)28)23(30)32-13-20(27)24-25-22(29)19-12-31-17-4-2-3-5-18(17)33-19/h2-9,15,19H,10-13H2,1H3,(H,24,27)(H,25,29). The highest BCUT2D eigenvalue weighted by Gasteiger charge is 2.36. The summed E-state index contributed by atoms with van der Waals surface area (Å²) in [6.07, 6.45) is -0.939. The number of hydrazine groups is 1. The lowest BCUT2D eigenvalue weighted by Crippen LogP contribution is -2.51. The Balaban J connectivity index is 1.20. The van der Waals surface area contributed by atoms with Crippen molar-refractivity contribution in [2.75, 3.05) is 24.7 Å². The summed E-state index contributed by atoms with van der Waals surface area (Å²) in [6.45, 7) is 1.51. The van der Waals surface area contributed by atoms with E-state index in [1.807, 2.05) is 31.2 Å². The number of anilines is 1. The molecule has 2 atom stereocenters. The number of rotatable bonds is 5. The first-order valence-electron chi connectivity index (χ1n) is 10.4. The van der Waals surface area contributed by atoms with Gasteiger partial charge in [0, 0.05) is 18.7 Å². The molecule has 2 N–H and O–H groups in total. The van der Waals surface area contributed by atoms with Crippen molar-refractivity contribution in [3.05, 3.63) is 54.1 Å². The molecule has 0 aliphatic carbocycles. The van der Waals surface area contributed by atoms with Gasteiger partial charge in [-0.25, -0.2) is 0 Å². The Morgan fingerprint density at radius 3 is 2.55 bits per heavy atom. The maximum atomic E-state index is 12.3. The van der Waals surface area contributed by atoms with Crippen LogP contribution in [0.2, 0.25) is 0 Å². The van der Waals surface area contributed by atoms with Crippen molar-refractivity contribution < 1.29 is 33.4 Å². The number of benzene rings is 2. The monoisotopic (exact) mass is 453 g/mol. The number of fused-ring (bicyclic) bond motifs is 1. The normalized spacial score (nSPS) is 19.1. The van der Waals surface area contributed by atoms with Crippen LogP contribution in [0.15, 0.2) is 48.5 Å². The molecule has 0 saturated carbocycles. The Morgan fingerprint density at radius 1 is 1.06 bits per heavy atom. The minimum absolute atomic E-state index is 0.00551. The summed E-state index contributed by atoms with van der Waals surface area (Å²) in [4.78, 5) is 50.3. The van der Waals surface area contributed by atoms with Gasteiger partial charge in [0.2, 0.25) is 12.0 Å². The molecule has 2 heterocycles. The van der Waals surface area contributed by atoms with E-state index < -0.39 is 36.4 Å². The number of nitrogens with one attached hydrogen (secondary N) is 2. The van der Waals surface area contributed by atoms with E-state index in [4.69, 9.17) is 14.2 Å². The Bertz CT molecular complexity index is 1070. The molecule has 0 radical (unpaired) electrons. The van der Waals surface area contributed by atoms with Gasteiger partial charge in [0.25, 0.3) is 11.8 Å². The molecule has 1 saturated heterocycles. The molecular formula is C23H23N3O7. The van der Waals surface area contributed by atoms with Crippen LogP contribution in [0.3, 0.4) is 0 Å². The van der Waals surface area contributed by atoms with Crippen LogP contribution >= 0.6 is 0 Å². The van der Waals surface area contributed by atoms with E-state index in [2.05, 4.69) is 10.9 Å². The minimum Gasteiger partial charge on any atom is -0.485 e. The molecule has 2 aromatic carbocycles. The van der Waals surface area contributed by atoms with E-state index in [0.29, 0.717) is 17.2 Å². The molecule has 4 rings (SSSR count). The molecule has 1 fully saturated rings. The first kappa shape index (κ1) is 22.1. The van der Waals surface area contributed by atoms with Gasteiger partial charge >= 0.3 is 5.97 Å². The number of carbonyl (C=O) groups excluding carboxylic acids is 4. The van der Waals surface area contributed by atoms with Gasteiger partial charge in [-0.1, -0.05) is 29.8 Å². The number of hydrogen-bond acceptors (Lipinski definition) is 7. The van der Waals surface area contributed by atoms with Gasteiger partial charge in [-0.2, -0.15) is 0 Å². The average molecular weight is 453 g/mol. The number of ether oxygens (including phenoxy) is 3. The Hall–Kier alpha value is -4.08. The second-order valence-corrected chi connectivity index (χ2v) is 7.75. The summed E-state index contributed by atoms with van der Waals surface area (Å²) < 4.78 is 16.0. The molecular weight excluding hydrogens is 430 g/mol. The van der Waals surface area contributed by atoms with E-state index in [-0.39, 0.29) is 25.5 Å². The maximum absolute atomic E-state index is 12.3. The maximum Gasteiger partial charge on any atom is 0.311 e. The second-order valence-electron chi connectivity index (χ2n) is 7.75. The van der Waals surface area contributed by atoms with Gasteiger partial charge in [0.05, 0.1) is 5.92 Å². The summed E-state index contributed by atoms with van der Waals surface area (Å²) in [5, 5.41) is 0. The van der Waals surface area contributed by atoms with Gasteiger partial charge in [-0.15, -0.1) is 0 Å². The van der Waals surface area contributed by atoms with Crippen LogP contribution in [0, 0.1) is 12.8 Å². The van der Waals surface area contributed by atoms with Gasteiger partial charge in [-0.05, 0) is 31.2 Å². The fourth-order valence-electron chi connectivity index (χ4n) is 3.49. The molecule has 2 aliphatic rings. The fourth-order valence-corrected chi connectivity index (χ4v) is 3.49. The summed E-state index contributed by atoms with van der Waals surface area (Å²) in [5.74, 6) is -1.89. The highest BCUT2D eigenvalue weighted by Crippen LogP contribution is 2.30. The lowest BCUT2D eigenvalue weighted by Gasteiger charge is -2.25. The number of amides is 3. The topological polar surface area (TPSA) is 123 Å². The highest BCUT2D eigenvalue weighted by molar-refractivity contribution is 5.99. The zero-order chi connectivity index (χ0) is 23.4. The van der Waals surface area contributed by atoms with Crippen LogP contribution in [0.5, 0.6) is 11.5 Å². The Kier molecular flexibility index (Phi) is 6.43. The Morgan fingerprint density at radius 2 is 1.79 bits per heavy atom. The first-order chi connectivity index (χ1) is 15.9. The number of carbonyl (C=O) groups is 4. The number of nitrogens with zero attached hydrogens (tertiary/aromatic N) is 1. The second kappa shape index (κ2) is 9.60. The quantitative estimate of drug-likeness (QED) is 0.509. The summed E-state index contributed by atoms with van der Waals surface area (Å²) in [7, 11) is 0. The third-order valence-electron chi connectivity index (χ3n) is 5.28. The smallest absolute Gasteiger partial charge is 0.311 e. The van der Waals surface area contributed by atoms with Gasteiger partial charge in [0.15, 0.2) is 18.1 Å². The van der Waals surface area contributed by atoms with Gasteiger partial charge in [0.1, 0.15) is 6.61 Å². The van der Waals surface area contributed by atoms with E-state index in [1.165, 1.54) is 4.90 Å². The molecule has 2 aliphatic heterocycles. The van der Waals surface area contributed by atoms with Crippen molar-refractivity contribution in [1.82, 2.24) is 10.9 Å². The average Bonchev–Trinajstić information content (AvgIpc) is 3.22. The lowest BCUT2D eigenvalue weighted by molar-refractivity contribution is -0.152. The van der Waals surface area contributed by atoms with Gasteiger partial charge in [-0.3, -0.25) is 30.0 Å². The van der Waals surface area contributed by atoms with E-state index >= 15 is 0 Å². The first-order valence-corrected chi connectivity index (χ1v) is 10.4. The van der Waals surface area contributed by atoms with Crippen LogP contribution in [0.25, 0.3) is 0 Å². The molecule has 33 heavy (non-hydrogen) atoms. The molecule has 0 aromatic heterocycles. The fraction of sp³-hybridized carbons (Fsp3) is 0.304. The lowest BCUT2D eigenvalue weighted by atomic mass is 10.1. The van der Waals surface area contributed by atoms with Crippen LogP contribution in [0.4, 0.5) is 5.69 Å². The largest absolute Gasteiger partial charge is 0.485 e. The SMILES string of the molecule is Cc1ccc(N2CC(C(=O)OCC(=O)NNC(=O)C3COc4ccccc4O3)CC2=O)cc1. The molecule has 10 nitrogen and oxygen atoms in total. The van der Waals surface area contributed by atoms with Crippen LogP contribution in [0.1, 0.15) is 12.0 Å².